The molecule has 2 aromatic rings. The third-order valence-corrected chi connectivity index (χ3v) is 3.45. The van der Waals surface area contributed by atoms with Crippen LogP contribution in [0.1, 0.15) is 5.56 Å². The predicted octanol–water partition coefficient (Wildman–Crippen LogP) is 2.65. The molecular formula is C17H17ClN2O3. The summed E-state index contributed by atoms with van der Waals surface area (Å²) < 4.78 is 5.02. The van der Waals surface area contributed by atoms with Gasteiger partial charge >= 0.3 is 11.8 Å². The smallest absolute Gasteiger partial charge is 0.313 e. The number of hydrogen-bond donors (Lipinski definition) is 2. The zero-order valence-corrected chi connectivity index (χ0v) is 13.4. The molecule has 0 saturated carbocycles. The molecule has 2 N–H and O–H groups in total. The summed E-state index contributed by atoms with van der Waals surface area (Å²) in [6.07, 6.45) is 0.661. The predicted molar refractivity (Wildman–Crippen MR) is 89.8 cm³/mol. The SMILES string of the molecule is COc1ccc(NC(=O)C(=O)NCCc2ccccc2)cc1Cl. The molecule has 120 valence electrons. The Labute approximate surface area is 139 Å². The van der Waals surface area contributed by atoms with Crippen LogP contribution in [0.3, 0.4) is 0 Å². The number of amides is 2. The lowest BCUT2D eigenvalue weighted by Crippen LogP contribution is -2.36. The molecule has 0 saturated heterocycles. The standard InChI is InChI=1S/C17H17ClN2O3/c1-23-15-8-7-13(11-14(15)18)20-17(22)16(21)19-10-9-12-5-3-2-4-6-12/h2-8,11H,9-10H2,1H3,(H,19,21)(H,20,22). The molecule has 2 rings (SSSR count). The Kier molecular flexibility index (Phi) is 6.00. The van der Waals surface area contributed by atoms with E-state index in [4.69, 9.17) is 16.3 Å². The minimum atomic E-state index is -0.737. The summed E-state index contributed by atoms with van der Waals surface area (Å²) in [5.74, 6) is -0.927. The lowest BCUT2D eigenvalue weighted by atomic mass is 10.1. The van der Waals surface area contributed by atoms with Crippen molar-refractivity contribution in [3.05, 3.63) is 59.1 Å². The molecule has 0 fully saturated rings. The molecular weight excluding hydrogens is 316 g/mol. The quantitative estimate of drug-likeness (QED) is 0.827. The van der Waals surface area contributed by atoms with Crippen molar-refractivity contribution in [2.24, 2.45) is 0 Å². The van der Waals surface area contributed by atoms with Gasteiger partial charge in [0.05, 0.1) is 12.1 Å². The van der Waals surface area contributed by atoms with E-state index in [1.807, 2.05) is 30.3 Å². The van der Waals surface area contributed by atoms with E-state index in [0.717, 1.165) is 5.56 Å². The van der Waals surface area contributed by atoms with Gasteiger partial charge in [-0.15, -0.1) is 0 Å². The third-order valence-electron chi connectivity index (χ3n) is 3.16. The average Bonchev–Trinajstić information content (AvgIpc) is 2.56. The second kappa shape index (κ2) is 8.19. The van der Waals surface area contributed by atoms with E-state index in [2.05, 4.69) is 10.6 Å². The van der Waals surface area contributed by atoms with Crippen molar-refractivity contribution in [3.63, 3.8) is 0 Å². The first-order chi connectivity index (χ1) is 11.1. The van der Waals surface area contributed by atoms with Crippen LogP contribution in [0, 0.1) is 0 Å². The maximum Gasteiger partial charge on any atom is 0.313 e. The molecule has 0 aliphatic carbocycles. The van der Waals surface area contributed by atoms with Crippen molar-refractivity contribution in [3.8, 4) is 5.75 Å². The largest absolute Gasteiger partial charge is 0.495 e. The number of halogens is 1. The van der Waals surface area contributed by atoms with Gasteiger partial charge in [-0.2, -0.15) is 0 Å². The van der Waals surface area contributed by atoms with Gasteiger partial charge in [-0.05, 0) is 30.2 Å². The van der Waals surface area contributed by atoms with Gasteiger partial charge in [0.25, 0.3) is 0 Å². The highest BCUT2D eigenvalue weighted by Crippen LogP contribution is 2.27. The van der Waals surface area contributed by atoms with E-state index in [1.165, 1.54) is 13.2 Å². The molecule has 0 aliphatic rings. The molecule has 0 atom stereocenters. The minimum absolute atomic E-state index is 0.356. The van der Waals surface area contributed by atoms with Gasteiger partial charge in [0.2, 0.25) is 0 Å². The van der Waals surface area contributed by atoms with E-state index in [1.54, 1.807) is 12.1 Å². The average molecular weight is 333 g/mol. The number of methoxy groups -OCH3 is 1. The zero-order chi connectivity index (χ0) is 16.7. The lowest BCUT2D eigenvalue weighted by molar-refractivity contribution is -0.136. The fraction of sp³-hybridized carbons (Fsp3) is 0.176. The van der Waals surface area contributed by atoms with Gasteiger partial charge in [-0.25, -0.2) is 0 Å². The van der Waals surface area contributed by atoms with Crippen molar-refractivity contribution in [1.82, 2.24) is 5.32 Å². The van der Waals surface area contributed by atoms with Crippen molar-refractivity contribution < 1.29 is 14.3 Å². The van der Waals surface area contributed by atoms with Crippen LogP contribution in [0.25, 0.3) is 0 Å². The molecule has 0 spiro atoms. The number of benzene rings is 2. The van der Waals surface area contributed by atoms with Crippen molar-refractivity contribution in [1.29, 1.82) is 0 Å². The number of nitrogens with one attached hydrogen (secondary N) is 2. The van der Waals surface area contributed by atoms with Crippen LogP contribution in [0.2, 0.25) is 5.02 Å². The van der Waals surface area contributed by atoms with Crippen LogP contribution in [0.4, 0.5) is 5.69 Å². The molecule has 5 nitrogen and oxygen atoms in total. The molecule has 0 unspecified atom stereocenters. The number of rotatable bonds is 5. The number of carbonyl (C=O) groups is 2. The highest BCUT2D eigenvalue weighted by Gasteiger charge is 2.13. The van der Waals surface area contributed by atoms with Crippen LogP contribution in [0.5, 0.6) is 5.75 Å². The molecule has 0 bridgehead atoms. The zero-order valence-electron chi connectivity index (χ0n) is 12.6. The van der Waals surface area contributed by atoms with Crippen LogP contribution in [0.15, 0.2) is 48.5 Å². The van der Waals surface area contributed by atoms with Crippen LogP contribution in [-0.2, 0) is 16.0 Å². The van der Waals surface area contributed by atoms with Crippen molar-refractivity contribution in [2.45, 2.75) is 6.42 Å². The normalized spacial score (nSPS) is 10.0. The summed E-state index contributed by atoms with van der Waals surface area (Å²) in [4.78, 5) is 23.6. The first-order valence-electron chi connectivity index (χ1n) is 7.07. The minimum Gasteiger partial charge on any atom is -0.495 e. The Morgan fingerprint density at radius 3 is 2.48 bits per heavy atom. The highest BCUT2D eigenvalue weighted by molar-refractivity contribution is 6.40. The molecule has 23 heavy (non-hydrogen) atoms. The van der Waals surface area contributed by atoms with Gasteiger partial charge in [-0.1, -0.05) is 41.9 Å². The summed E-state index contributed by atoms with van der Waals surface area (Å²) in [6, 6.07) is 14.5. The summed E-state index contributed by atoms with van der Waals surface area (Å²) >= 11 is 5.97. The van der Waals surface area contributed by atoms with Gasteiger partial charge in [-0.3, -0.25) is 9.59 Å². The van der Waals surface area contributed by atoms with Gasteiger partial charge in [0, 0.05) is 12.2 Å². The Bertz CT molecular complexity index is 689. The van der Waals surface area contributed by atoms with E-state index >= 15 is 0 Å². The molecule has 0 heterocycles. The van der Waals surface area contributed by atoms with Crippen molar-refractivity contribution >= 4 is 29.1 Å². The van der Waals surface area contributed by atoms with Gasteiger partial charge < -0.3 is 15.4 Å². The van der Waals surface area contributed by atoms with Crippen LogP contribution < -0.4 is 15.4 Å². The molecule has 0 aliphatic heterocycles. The molecule has 6 heteroatoms. The molecule has 2 aromatic carbocycles. The summed E-state index contributed by atoms with van der Waals surface area (Å²) in [7, 11) is 1.50. The number of ether oxygens (including phenoxy) is 1. The van der Waals surface area contributed by atoms with E-state index in [0.29, 0.717) is 29.4 Å². The topological polar surface area (TPSA) is 67.4 Å². The number of carbonyl (C=O) groups excluding carboxylic acids is 2. The fourth-order valence-corrected chi connectivity index (χ4v) is 2.24. The van der Waals surface area contributed by atoms with E-state index in [-0.39, 0.29) is 0 Å². The summed E-state index contributed by atoms with van der Waals surface area (Å²) in [5.41, 5.74) is 1.52. The van der Waals surface area contributed by atoms with Crippen LogP contribution in [-0.4, -0.2) is 25.5 Å². The van der Waals surface area contributed by atoms with Crippen LogP contribution >= 0.6 is 11.6 Å². The highest BCUT2D eigenvalue weighted by atomic mass is 35.5. The Hall–Kier alpha value is -2.53. The summed E-state index contributed by atoms with van der Waals surface area (Å²) in [6.45, 7) is 0.389. The maximum atomic E-state index is 11.8. The van der Waals surface area contributed by atoms with Crippen molar-refractivity contribution in [2.75, 3.05) is 19.0 Å². The maximum absolute atomic E-state index is 11.8. The fourth-order valence-electron chi connectivity index (χ4n) is 1.98. The first-order valence-corrected chi connectivity index (χ1v) is 7.44. The number of hydrogen-bond acceptors (Lipinski definition) is 3. The summed E-state index contributed by atoms with van der Waals surface area (Å²) in [5, 5.41) is 5.43. The van der Waals surface area contributed by atoms with E-state index in [9.17, 15) is 9.59 Å². The Morgan fingerprint density at radius 1 is 1.09 bits per heavy atom. The Morgan fingerprint density at radius 2 is 1.83 bits per heavy atom. The Balaban J connectivity index is 1.83. The van der Waals surface area contributed by atoms with Gasteiger partial charge in [0.1, 0.15) is 5.75 Å². The third kappa shape index (κ3) is 5.00. The molecule has 0 radical (unpaired) electrons. The second-order valence-corrected chi connectivity index (χ2v) is 5.20. The van der Waals surface area contributed by atoms with Gasteiger partial charge in [0.15, 0.2) is 0 Å². The lowest BCUT2D eigenvalue weighted by Gasteiger charge is -2.08. The second-order valence-electron chi connectivity index (χ2n) is 4.79. The first kappa shape index (κ1) is 16.8. The number of anilines is 1. The monoisotopic (exact) mass is 332 g/mol. The molecule has 2 amide bonds. The van der Waals surface area contributed by atoms with E-state index < -0.39 is 11.8 Å². The molecule has 0 aromatic heterocycles.